The van der Waals surface area contributed by atoms with Gasteiger partial charge < -0.3 is 0 Å². The molecule has 1 aliphatic carbocycles. The standard InChI is InChI=1S/C12H18N2O7S3/c13-22(15,16)12-8-10(24(19,20)21)6-7-11(12)23(17,18)14-9-4-2-1-3-5-9/h6-9,14H,1-5H2,(H2,13,15,16)(H,19,20,21). The first-order valence-corrected chi connectivity index (χ1v) is 11.5. The number of primary sulfonamides is 1. The predicted octanol–water partition coefficient (Wildman–Crippen LogP) is 0.192. The quantitative estimate of drug-likeness (QED) is 0.597. The maximum Gasteiger partial charge on any atom is 0.294 e. The second-order valence-electron chi connectivity index (χ2n) is 5.58. The Kier molecular flexibility index (Phi) is 5.37. The molecule has 2 rings (SSSR count). The van der Waals surface area contributed by atoms with Gasteiger partial charge in [-0.05, 0) is 31.0 Å². The molecule has 9 nitrogen and oxygen atoms in total. The van der Waals surface area contributed by atoms with Crippen LogP contribution in [0.4, 0.5) is 0 Å². The summed E-state index contributed by atoms with van der Waals surface area (Å²) in [5, 5.41) is 5.00. The van der Waals surface area contributed by atoms with Crippen LogP contribution in [0.15, 0.2) is 32.9 Å². The third-order valence-electron chi connectivity index (χ3n) is 3.74. The molecule has 1 aromatic carbocycles. The van der Waals surface area contributed by atoms with E-state index < -0.39 is 44.9 Å². The van der Waals surface area contributed by atoms with Crippen LogP contribution < -0.4 is 9.86 Å². The van der Waals surface area contributed by atoms with Gasteiger partial charge in [-0.3, -0.25) is 4.55 Å². The molecule has 0 spiro atoms. The fourth-order valence-electron chi connectivity index (χ4n) is 2.60. The molecule has 12 heteroatoms. The average molecular weight is 398 g/mol. The maximum absolute atomic E-state index is 12.5. The van der Waals surface area contributed by atoms with Gasteiger partial charge in [0.25, 0.3) is 10.1 Å². The van der Waals surface area contributed by atoms with Gasteiger partial charge in [0, 0.05) is 6.04 Å². The van der Waals surface area contributed by atoms with E-state index in [4.69, 9.17) is 9.69 Å². The van der Waals surface area contributed by atoms with Crippen molar-refractivity contribution in [2.24, 2.45) is 5.14 Å². The fourth-order valence-corrected chi connectivity index (χ4v) is 5.87. The van der Waals surface area contributed by atoms with Crippen LogP contribution in [0.5, 0.6) is 0 Å². The highest BCUT2D eigenvalue weighted by Crippen LogP contribution is 2.25. The molecule has 0 atom stereocenters. The van der Waals surface area contributed by atoms with Gasteiger partial charge >= 0.3 is 0 Å². The topological polar surface area (TPSA) is 161 Å². The molecule has 0 unspecified atom stereocenters. The van der Waals surface area contributed by atoms with Crippen LogP contribution in [-0.4, -0.2) is 35.8 Å². The van der Waals surface area contributed by atoms with Crippen LogP contribution in [0.2, 0.25) is 0 Å². The average Bonchev–Trinajstić information content (AvgIpc) is 2.45. The summed E-state index contributed by atoms with van der Waals surface area (Å²) in [6, 6.07) is 1.81. The Morgan fingerprint density at radius 1 is 0.958 bits per heavy atom. The van der Waals surface area contributed by atoms with Gasteiger partial charge in [-0.25, -0.2) is 26.7 Å². The van der Waals surface area contributed by atoms with E-state index in [1.54, 1.807) is 0 Å². The van der Waals surface area contributed by atoms with Gasteiger partial charge in [-0.15, -0.1) is 0 Å². The molecule has 0 aromatic heterocycles. The molecule has 0 bridgehead atoms. The molecule has 1 fully saturated rings. The predicted molar refractivity (Wildman–Crippen MR) is 84.8 cm³/mol. The second-order valence-corrected chi connectivity index (χ2v) is 10.2. The molecule has 1 aromatic rings. The third-order valence-corrected chi connectivity index (χ3v) is 7.24. The van der Waals surface area contributed by atoms with Gasteiger partial charge in [0.05, 0.1) is 4.90 Å². The van der Waals surface area contributed by atoms with Crippen LogP contribution in [0.3, 0.4) is 0 Å². The maximum atomic E-state index is 12.5. The lowest BCUT2D eigenvalue weighted by atomic mass is 9.96. The van der Waals surface area contributed by atoms with E-state index in [0.29, 0.717) is 18.9 Å². The summed E-state index contributed by atoms with van der Waals surface area (Å²) >= 11 is 0. The highest BCUT2D eigenvalue weighted by Gasteiger charge is 2.29. The molecule has 24 heavy (non-hydrogen) atoms. The summed E-state index contributed by atoms with van der Waals surface area (Å²) in [7, 11) is -13.5. The Morgan fingerprint density at radius 2 is 1.54 bits per heavy atom. The molecule has 0 heterocycles. The van der Waals surface area contributed by atoms with E-state index in [9.17, 15) is 25.3 Å². The zero-order valence-electron chi connectivity index (χ0n) is 12.5. The van der Waals surface area contributed by atoms with E-state index in [2.05, 4.69) is 4.72 Å². The van der Waals surface area contributed by atoms with Crippen LogP contribution >= 0.6 is 0 Å². The van der Waals surface area contributed by atoms with Crippen molar-refractivity contribution in [1.82, 2.24) is 4.72 Å². The molecule has 1 saturated carbocycles. The summed E-state index contributed by atoms with van der Waals surface area (Å²) < 4.78 is 82.1. The number of nitrogens with one attached hydrogen (secondary N) is 1. The molecule has 136 valence electrons. The number of nitrogens with two attached hydrogens (primary N) is 1. The van der Waals surface area contributed by atoms with Crippen LogP contribution in [0.1, 0.15) is 32.1 Å². The molecule has 0 saturated heterocycles. The molecular weight excluding hydrogens is 380 g/mol. The summed E-state index contributed by atoms with van der Waals surface area (Å²) in [5.74, 6) is 0. The van der Waals surface area contributed by atoms with E-state index >= 15 is 0 Å². The Morgan fingerprint density at radius 3 is 2.04 bits per heavy atom. The number of hydrogen-bond acceptors (Lipinski definition) is 6. The molecule has 1 aliphatic rings. The largest absolute Gasteiger partial charge is 0.294 e. The zero-order valence-corrected chi connectivity index (χ0v) is 15.0. The van der Waals surface area contributed by atoms with Gasteiger partial charge in [0.2, 0.25) is 20.0 Å². The third kappa shape index (κ3) is 4.52. The first kappa shape index (κ1) is 19.3. The van der Waals surface area contributed by atoms with Crippen molar-refractivity contribution in [3.63, 3.8) is 0 Å². The van der Waals surface area contributed by atoms with Crippen molar-refractivity contribution in [3.05, 3.63) is 18.2 Å². The molecule has 0 aliphatic heterocycles. The SMILES string of the molecule is NS(=O)(=O)c1cc(S(=O)(=O)O)ccc1S(=O)(=O)NC1CCCCC1. The first-order chi connectivity index (χ1) is 10.9. The minimum Gasteiger partial charge on any atom is -0.282 e. The Balaban J connectivity index is 2.52. The summed E-state index contributed by atoms with van der Waals surface area (Å²) in [6.07, 6.45) is 3.98. The highest BCUT2D eigenvalue weighted by molar-refractivity contribution is 7.92. The second kappa shape index (κ2) is 6.69. The van der Waals surface area contributed by atoms with Gasteiger partial charge in [-0.2, -0.15) is 8.42 Å². The summed E-state index contributed by atoms with van der Waals surface area (Å²) in [5.41, 5.74) is 0. The number of hydrogen-bond donors (Lipinski definition) is 3. The van der Waals surface area contributed by atoms with Gasteiger partial charge in [-0.1, -0.05) is 19.3 Å². The van der Waals surface area contributed by atoms with Crippen LogP contribution in [0.25, 0.3) is 0 Å². The smallest absolute Gasteiger partial charge is 0.282 e. The van der Waals surface area contributed by atoms with E-state index in [-0.39, 0.29) is 6.04 Å². The molecule has 0 radical (unpaired) electrons. The zero-order chi connectivity index (χ0) is 18.2. The van der Waals surface area contributed by atoms with Crippen molar-refractivity contribution in [2.45, 2.75) is 52.8 Å². The highest BCUT2D eigenvalue weighted by atomic mass is 32.2. The van der Waals surface area contributed by atoms with Crippen molar-refractivity contribution in [2.75, 3.05) is 0 Å². The van der Waals surface area contributed by atoms with Crippen molar-refractivity contribution in [1.29, 1.82) is 0 Å². The van der Waals surface area contributed by atoms with Crippen molar-refractivity contribution in [3.8, 4) is 0 Å². The van der Waals surface area contributed by atoms with E-state index in [1.807, 2.05) is 0 Å². The van der Waals surface area contributed by atoms with Crippen molar-refractivity contribution >= 4 is 30.2 Å². The summed E-state index contributed by atoms with van der Waals surface area (Å²) in [4.78, 5) is -2.30. The van der Waals surface area contributed by atoms with E-state index in [0.717, 1.165) is 31.4 Å². The Labute approximate surface area is 141 Å². The first-order valence-electron chi connectivity index (χ1n) is 7.08. The van der Waals surface area contributed by atoms with Gasteiger partial charge in [0.1, 0.15) is 9.79 Å². The normalized spacial score (nSPS) is 17.8. The van der Waals surface area contributed by atoms with Crippen LogP contribution in [-0.2, 0) is 30.2 Å². The number of benzene rings is 1. The van der Waals surface area contributed by atoms with E-state index in [1.165, 1.54) is 0 Å². The number of sulfonamides is 2. The molecule has 0 amide bonds. The Hall–Kier alpha value is -1.05. The monoisotopic (exact) mass is 398 g/mol. The van der Waals surface area contributed by atoms with Crippen LogP contribution in [0, 0.1) is 0 Å². The minimum absolute atomic E-state index is 0.321. The molecular formula is C12H18N2O7S3. The fraction of sp³-hybridized carbons (Fsp3) is 0.500. The summed E-state index contributed by atoms with van der Waals surface area (Å²) in [6.45, 7) is 0. The minimum atomic E-state index is -4.71. The lowest BCUT2D eigenvalue weighted by Crippen LogP contribution is -2.37. The number of rotatable bonds is 5. The lowest BCUT2D eigenvalue weighted by Gasteiger charge is -2.23. The van der Waals surface area contributed by atoms with Gasteiger partial charge in [0.15, 0.2) is 0 Å². The van der Waals surface area contributed by atoms with Crippen molar-refractivity contribution < 1.29 is 29.8 Å². The Bertz CT molecular complexity index is 931. The molecule has 4 N–H and O–H groups in total. The lowest BCUT2D eigenvalue weighted by molar-refractivity contribution is 0.411.